The van der Waals surface area contributed by atoms with Gasteiger partial charge in [0, 0.05) is 29.8 Å². The van der Waals surface area contributed by atoms with E-state index in [0.717, 1.165) is 52.3 Å². The zero-order valence-electron chi connectivity index (χ0n) is 25.8. The van der Waals surface area contributed by atoms with Crippen molar-refractivity contribution in [1.29, 1.82) is 0 Å². The van der Waals surface area contributed by atoms with Gasteiger partial charge < -0.3 is 0 Å². The Kier molecular flexibility index (Phi) is 8.30. The lowest BCUT2D eigenvalue weighted by Gasteiger charge is -2.21. The molecule has 222 valence electrons. The third-order valence-electron chi connectivity index (χ3n) is 8.82. The fourth-order valence-corrected chi connectivity index (χ4v) is 6.31. The van der Waals surface area contributed by atoms with E-state index < -0.39 is 0 Å². The number of hydrogen-bond acceptors (Lipinski definition) is 3. The molecule has 2 aliphatic rings. The molecule has 5 aromatic rings. The third-order valence-corrected chi connectivity index (χ3v) is 8.82. The predicted molar refractivity (Wildman–Crippen MR) is 194 cm³/mol. The van der Waals surface area contributed by atoms with Gasteiger partial charge in [0.25, 0.3) is 0 Å². The van der Waals surface area contributed by atoms with Crippen molar-refractivity contribution in [3.05, 3.63) is 187 Å². The van der Waals surface area contributed by atoms with Crippen molar-refractivity contribution in [2.45, 2.75) is 24.7 Å². The van der Waals surface area contributed by atoms with Crippen molar-refractivity contribution >= 4 is 22.6 Å². The van der Waals surface area contributed by atoms with E-state index in [9.17, 15) is 0 Å². The number of aliphatic imine (C=N–C) groups is 1. The molecule has 0 saturated heterocycles. The van der Waals surface area contributed by atoms with Crippen LogP contribution in [0.15, 0.2) is 175 Å². The second kappa shape index (κ2) is 13.1. The van der Waals surface area contributed by atoms with Crippen LogP contribution in [0.1, 0.15) is 41.6 Å². The fraction of sp³-hybridized carbons (Fsp3) is 0.0930. The van der Waals surface area contributed by atoms with Crippen molar-refractivity contribution in [3.63, 3.8) is 0 Å². The van der Waals surface area contributed by atoms with Gasteiger partial charge >= 0.3 is 0 Å². The van der Waals surface area contributed by atoms with E-state index >= 15 is 0 Å². The number of fused-ring (bicyclic) bond motifs is 1. The van der Waals surface area contributed by atoms with Gasteiger partial charge in [-0.3, -0.25) is 4.99 Å². The molecule has 2 atom stereocenters. The van der Waals surface area contributed by atoms with E-state index in [0.29, 0.717) is 5.92 Å². The molecule has 0 aliphatic heterocycles. The summed E-state index contributed by atoms with van der Waals surface area (Å²) in [5.41, 5.74) is 9.81. The van der Waals surface area contributed by atoms with Gasteiger partial charge in [-0.05, 0) is 63.1 Å². The van der Waals surface area contributed by atoms with Gasteiger partial charge in [-0.15, -0.1) is 0 Å². The molecule has 0 fully saturated rings. The molecular weight excluding hydrogens is 558 g/mol. The van der Waals surface area contributed by atoms with Gasteiger partial charge in [-0.1, -0.05) is 147 Å². The summed E-state index contributed by atoms with van der Waals surface area (Å²) in [7, 11) is 0. The van der Waals surface area contributed by atoms with Crippen molar-refractivity contribution in [2.75, 3.05) is 0 Å². The highest BCUT2D eigenvalue weighted by Gasteiger charge is 2.21. The van der Waals surface area contributed by atoms with Crippen LogP contribution in [0.5, 0.6) is 0 Å². The molecule has 0 radical (unpaired) electrons. The van der Waals surface area contributed by atoms with E-state index in [1.54, 1.807) is 6.21 Å². The van der Waals surface area contributed by atoms with Crippen LogP contribution in [0.4, 0.5) is 0 Å². The standard InChI is InChI=1S/C43H35N3/c1-3-44-29-30(2)37-15-9-16-38(27-37)42-28-41(35-23-19-32(20-24-35)31-11-5-4-6-12-31)45-43(46-42)36-25-21-34(22-26-36)40-18-10-14-33-13-7-8-17-39(33)40/h3-19,21-26,28-29,32,38H,1-2,20,27H2. The molecule has 46 heavy (non-hydrogen) atoms. The number of rotatable bonds is 8. The summed E-state index contributed by atoms with van der Waals surface area (Å²) >= 11 is 0. The van der Waals surface area contributed by atoms with Gasteiger partial charge in [-0.2, -0.15) is 0 Å². The van der Waals surface area contributed by atoms with Crippen molar-refractivity contribution < 1.29 is 0 Å². The van der Waals surface area contributed by atoms with Crippen LogP contribution in [-0.2, 0) is 0 Å². The Balaban J connectivity index is 1.24. The molecule has 1 heterocycles. The maximum atomic E-state index is 5.17. The molecule has 0 amide bonds. The molecule has 0 N–H and O–H groups in total. The molecule has 7 rings (SSSR count). The number of hydrogen-bond donors (Lipinski definition) is 0. The van der Waals surface area contributed by atoms with Gasteiger partial charge in [0.05, 0.1) is 11.4 Å². The second-order valence-electron chi connectivity index (χ2n) is 11.8. The number of nitrogens with zero attached hydrogens (tertiary/aromatic N) is 3. The second-order valence-corrected chi connectivity index (χ2v) is 11.8. The molecular formula is C43H35N3. The zero-order chi connectivity index (χ0) is 31.3. The summed E-state index contributed by atoms with van der Waals surface area (Å²) < 4.78 is 0. The van der Waals surface area contributed by atoms with Crippen LogP contribution < -0.4 is 0 Å². The summed E-state index contributed by atoms with van der Waals surface area (Å²) in [6, 6.07) is 36.5. The quantitative estimate of drug-likeness (QED) is 0.168. The first-order valence-corrected chi connectivity index (χ1v) is 15.8. The molecule has 0 saturated carbocycles. The summed E-state index contributed by atoms with van der Waals surface area (Å²) in [5.74, 6) is 1.19. The van der Waals surface area contributed by atoms with Gasteiger partial charge in [0.15, 0.2) is 5.82 Å². The molecule has 2 unspecified atom stereocenters. The molecule has 4 aromatic carbocycles. The van der Waals surface area contributed by atoms with Crippen LogP contribution in [0.2, 0.25) is 0 Å². The van der Waals surface area contributed by atoms with Crippen LogP contribution in [0.3, 0.4) is 0 Å². The Morgan fingerprint density at radius 1 is 0.804 bits per heavy atom. The highest BCUT2D eigenvalue weighted by Crippen LogP contribution is 2.36. The topological polar surface area (TPSA) is 38.1 Å². The number of aromatic nitrogens is 2. The first-order chi connectivity index (χ1) is 22.7. The highest BCUT2D eigenvalue weighted by atomic mass is 14.9. The van der Waals surface area contributed by atoms with Crippen molar-refractivity contribution in [1.82, 2.24) is 9.97 Å². The van der Waals surface area contributed by atoms with Crippen LogP contribution in [0.25, 0.3) is 38.9 Å². The van der Waals surface area contributed by atoms with E-state index in [-0.39, 0.29) is 5.92 Å². The zero-order valence-corrected chi connectivity index (χ0v) is 25.8. The Labute approximate surface area is 271 Å². The lowest BCUT2D eigenvalue weighted by molar-refractivity contribution is 0.786. The van der Waals surface area contributed by atoms with Gasteiger partial charge in [0.1, 0.15) is 0 Å². The van der Waals surface area contributed by atoms with Crippen LogP contribution >= 0.6 is 0 Å². The third kappa shape index (κ3) is 6.13. The lowest BCUT2D eigenvalue weighted by atomic mass is 9.87. The Morgan fingerprint density at radius 2 is 1.59 bits per heavy atom. The summed E-state index contributed by atoms with van der Waals surface area (Å²) in [6.07, 6.45) is 18.3. The Morgan fingerprint density at radius 3 is 2.39 bits per heavy atom. The summed E-state index contributed by atoms with van der Waals surface area (Å²) in [4.78, 5) is 14.5. The predicted octanol–water partition coefficient (Wildman–Crippen LogP) is 10.8. The van der Waals surface area contributed by atoms with Gasteiger partial charge in [-0.25, -0.2) is 9.97 Å². The Bertz CT molecular complexity index is 2070. The summed E-state index contributed by atoms with van der Waals surface area (Å²) in [5, 5.41) is 2.48. The van der Waals surface area contributed by atoms with E-state index in [4.69, 9.17) is 9.97 Å². The smallest absolute Gasteiger partial charge is 0.160 e. The molecule has 0 spiro atoms. The molecule has 3 heteroatoms. The average molecular weight is 594 g/mol. The van der Waals surface area contributed by atoms with Crippen LogP contribution in [0, 0.1) is 0 Å². The first-order valence-electron chi connectivity index (χ1n) is 15.8. The average Bonchev–Trinajstić information content (AvgIpc) is 3.14. The Hall–Kier alpha value is -5.67. The van der Waals surface area contributed by atoms with E-state index in [1.807, 2.05) is 0 Å². The van der Waals surface area contributed by atoms with Crippen molar-refractivity contribution in [2.24, 2.45) is 4.99 Å². The maximum absolute atomic E-state index is 5.17. The fourth-order valence-electron chi connectivity index (χ4n) is 6.31. The van der Waals surface area contributed by atoms with Crippen molar-refractivity contribution in [3.8, 4) is 22.5 Å². The van der Waals surface area contributed by atoms with Crippen LogP contribution in [-0.4, -0.2) is 16.2 Å². The van der Waals surface area contributed by atoms with E-state index in [2.05, 4.69) is 158 Å². The normalized spacial score (nSPS) is 17.6. The monoisotopic (exact) mass is 593 g/mol. The lowest BCUT2D eigenvalue weighted by Crippen LogP contribution is -2.08. The number of benzene rings is 4. The minimum atomic E-state index is 0.0922. The molecule has 2 aliphatic carbocycles. The molecule has 1 aromatic heterocycles. The van der Waals surface area contributed by atoms with E-state index in [1.165, 1.54) is 33.7 Å². The molecule has 0 bridgehead atoms. The summed E-state index contributed by atoms with van der Waals surface area (Å²) in [6.45, 7) is 7.92. The SMILES string of the molecule is C=CN=CC(=C)C1=CC=CC(c2cc(C3=CCC(c4ccccc4)C=C3)nc(-c3ccc(-c4cccc5ccccc45)cc3)n2)C1. The highest BCUT2D eigenvalue weighted by molar-refractivity contribution is 5.96. The number of allylic oxidation sites excluding steroid dienone is 9. The van der Waals surface area contributed by atoms with Gasteiger partial charge in [0.2, 0.25) is 0 Å². The largest absolute Gasteiger partial charge is 0.265 e. The molecule has 3 nitrogen and oxygen atoms in total. The minimum Gasteiger partial charge on any atom is -0.265 e. The minimum absolute atomic E-state index is 0.0922. The first kappa shape index (κ1) is 29.1. The maximum Gasteiger partial charge on any atom is 0.160 e.